The van der Waals surface area contributed by atoms with Crippen LogP contribution in [-0.4, -0.2) is 63.1 Å². The fraction of sp³-hybridized carbons (Fsp3) is 0.421. The molecule has 0 radical (unpaired) electrons. The molecule has 9 nitrogen and oxygen atoms in total. The van der Waals surface area contributed by atoms with Crippen LogP contribution in [0.1, 0.15) is 11.8 Å². The lowest BCUT2D eigenvalue weighted by Crippen LogP contribution is -2.57. The average molecular weight is 460 g/mol. The number of methoxy groups -OCH3 is 1. The summed E-state index contributed by atoms with van der Waals surface area (Å²) in [4.78, 5) is 13.1. The minimum atomic E-state index is -1.51. The normalized spacial score (nSPS) is 27.2. The van der Waals surface area contributed by atoms with Crippen molar-refractivity contribution in [3.63, 3.8) is 0 Å². The monoisotopic (exact) mass is 459 g/mol. The van der Waals surface area contributed by atoms with Gasteiger partial charge < -0.3 is 34.3 Å². The van der Waals surface area contributed by atoms with Crippen LogP contribution in [-0.2, 0) is 9.47 Å². The Labute approximate surface area is 179 Å². The van der Waals surface area contributed by atoms with Crippen LogP contribution in [0.5, 0.6) is 5.75 Å². The quantitative estimate of drug-likeness (QED) is 0.464. The van der Waals surface area contributed by atoms with Gasteiger partial charge in [-0.25, -0.2) is 0 Å². The second-order valence-corrected chi connectivity index (χ2v) is 7.94. The molecule has 0 spiro atoms. The topological polar surface area (TPSA) is 135 Å². The smallest absolute Gasteiger partial charge is 0.214 e. The van der Waals surface area contributed by atoms with Gasteiger partial charge >= 0.3 is 0 Å². The zero-order chi connectivity index (χ0) is 21.9. The van der Waals surface area contributed by atoms with Crippen LogP contribution in [0.25, 0.3) is 22.1 Å². The molecule has 2 aromatic heterocycles. The number of fused-ring (bicyclic) bond motifs is 2. The molecule has 0 unspecified atom stereocenters. The van der Waals surface area contributed by atoms with Crippen LogP contribution >= 0.6 is 23.2 Å². The van der Waals surface area contributed by atoms with Gasteiger partial charge in [0.1, 0.15) is 46.3 Å². The zero-order valence-electron chi connectivity index (χ0n) is 15.9. The SMILES string of the molecule is CO[C@H]1[C@H](O)[C@@H](O)[C@H](n2c(Cl)cc3c(=O)c4c(O)c(Cl)cc(C)c4oc32)O[C@@H]1CO. The van der Waals surface area contributed by atoms with Gasteiger partial charge in [0.25, 0.3) is 0 Å². The standard InChI is InChI=1S/C19H19Cl2NO8/c1-6-3-8(20)13(25)11-12(24)7-4-10(21)22(18(7)30-16(6)11)19-15(27)14(26)17(28-2)9(5-23)29-19/h3-4,9,14-15,17,19,23,25-27H,5H2,1-2H3/t9-,14-,15-,17-,19-/m1/s1. The summed E-state index contributed by atoms with van der Waals surface area (Å²) in [6.45, 7) is 1.16. The number of aliphatic hydroxyl groups excluding tert-OH is 3. The summed E-state index contributed by atoms with van der Waals surface area (Å²) in [5, 5.41) is 40.9. The number of hydrogen-bond acceptors (Lipinski definition) is 8. The van der Waals surface area contributed by atoms with E-state index in [-0.39, 0.29) is 32.2 Å². The van der Waals surface area contributed by atoms with Gasteiger partial charge in [-0.3, -0.25) is 9.36 Å². The van der Waals surface area contributed by atoms with Gasteiger partial charge in [-0.05, 0) is 24.6 Å². The molecule has 1 aromatic carbocycles. The number of benzene rings is 1. The van der Waals surface area contributed by atoms with E-state index in [9.17, 15) is 25.2 Å². The summed E-state index contributed by atoms with van der Waals surface area (Å²) < 4.78 is 18.0. The van der Waals surface area contributed by atoms with Crippen molar-refractivity contribution in [2.45, 2.75) is 37.6 Å². The molecule has 0 aliphatic carbocycles. The number of nitrogens with zero attached hydrogens (tertiary/aromatic N) is 1. The van der Waals surface area contributed by atoms with E-state index < -0.39 is 48.4 Å². The van der Waals surface area contributed by atoms with Gasteiger partial charge in [-0.15, -0.1) is 0 Å². The summed E-state index contributed by atoms with van der Waals surface area (Å²) in [6.07, 6.45) is -6.14. The predicted octanol–water partition coefficient (Wildman–Crippen LogP) is 1.70. The molecule has 11 heteroatoms. The van der Waals surface area contributed by atoms with E-state index in [0.717, 1.165) is 0 Å². The van der Waals surface area contributed by atoms with E-state index in [1.807, 2.05) is 0 Å². The molecule has 162 valence electrons. The maximum Gasteiger partial charge on any atom is 0.214 e. The molecule has 1 aliphatic rings. The van der Waals surface area contributed by atoms with E-state index in [1.165, 1.54) is 23.8 Å². The maximum absolute atomic E-state index is 13.1. The molecule has 0 amide bonds. The van der Waals surface area contributed by atoms with Crippen molar-refractivity contribution in [1.82, 2.24) is 4.57 Å². The number of rotatable bonds is 3. The fourth-order valence-electron chi connectivity index (χ4n) is 3.87. The van der Waals surface area contributed by atoms with Crippen molar-refractivity contribution in [1.29, 1.82) is 0 Å². The number of hydrogen-bond donors (Lipinski definition) is 4. The van der Waals surface area contributed by atoms with Gasteiger partial charge in [0.15, 0.2) is 6.23 Å². The van der Waals surface area contributed by atoms with Crippen molar-refractivity contribution >= 4 is 45.3 Å². The number of phenols is 1. The Kier molecular flexibility index (Phi) is 5.48. The minimum absolute atomic E-state index is 0.00253. The first kappa shape index (κ1) is 21.4. The Bertz CT molecular complexity index is 1190. The van der Waals surface area contributed by atoms with Crippen LogP contribution in [0, 0.1) is 6.92 Å². The van der Waals surface area contributed by atoms with Crippen molar-refractivity contribution < 1.29 is 34.3 Å². The van der Waals surface area contributed by atoms with E-state index in [4.69, 9.17) is 37.1 Å². The third-order valence-electron chi connectivity index (χ3n) is 5.37. The lowest BCUT2D eigenvalue weighted by Gasteiger charge is -2.42. The number of ether oxygens (including phenoxy) is 2. The molecule has 0 saturated carbocycles. The van der Waals surface area contributed by atoms with Gasteiger partial charge in [0, 0.05) is 7.11 Å². The van der Waals surface area contributed by atoms with Crippen LogP contribution in [0.15, 0.2) is 21.3 Å². The number of aromatic nitrogens is 1. The molecule has 0 bridgehead atoms. The number of aromatic hydroxyl groups is 1. The van der Waals surface area contributed by atoms with Crippen molar-refractivity contribution in [3.05, 3.63) is 38.1 Å². The lowest BCUT2D eigenvalue weighted by molar-refractivity contribution is -0.256. The largest absolute Gasteiger partial charge is 0.505 e. The van der Waals surface area contributed by atoms with Crippen LogP contribution in [0.4, 0.5) is 0 Å². The number of phenolic OH excluding ortho intramolecular Hbond substituents is 1. The molecule has 4 N–H and O–H groups in total. The first-order chi connectivity index (χ1) is 14.2. The molecule has 4 rings (SSSR count). The zero-order valence-corrected chi connectivity index (χ0v) is 17.4. The van der Waals surface area contributed by atoms with E-state index in [2.05, 4.69) is 0 Å². The van der Waals surface area contributed by atoms with E-state index in [1.54, 1.807) is 6.92 Å². The summed E-state index contributed by atoms with van der Waals surface area (Å²) in [5.74, 6) is -0.413. The Morgan fingerprint density at radius 3 is 2.57 bits per heavy atom. The van der Waals surface area contributed by atoms with E-state index >= 15 is 0 Å². The highest BCUT2D eigenvalue weighted by Gasteiger charge is 2.46. The number of aryl methyl sites for hydroxylation is 1. The second-order valence-electron chi connectivity index (χ2n) is 7.14. The average Bonchev–Trinajstić information content (AvgIpc) is 3.04. The van der Waals surface area contributed by atoms with E-state index in [0.29, 0.717) is 5.56 Å². The second kappa shape index (κ2) is 7.69. The van der Waals surface area contributed by atoms with Crippen LogP contribution < -0.4 is 5.43 Å². The van der Waals surface area contributed by atoms with Crippen LogP contribution in [0.2, 0.25) is 10.2 Å². The maximum atomic E-state index is 13.1. The van der Waals surface area contributed by atoms with Gasteiger partial charge in [-0.1, -0.05) is 23.2 Å². The highest BCUT2D eigenvalue weighted by atomic mass is 35.5. The summed E-state index contributed by atoms with van der Waals surface area (Å²) in [5.41, 5.74) is -0.0290. The molecular formula is C19H19Cl2NO8. The lowest BCUT2D eigenvalue weighted by atomic mass is 9.98. The molecule has 1 saturated heterocycles. The van der Waals surface area contributed by atoms with Gasteiger partial charge in [0.05, 0.1) is 17.0 Å². The van der Waals surface area contributed by atoms with Crippen molar-refractivity contribution in [2.75, 3.05) is 13.7 Å². The number of aliphatic hydroxyl groups is 3. The Balaban J connectivity index is 1.98. The first-order valence-corrected chi connectivity index (χ1v) is 9.77. The molecule has 30 heavy (non-hydrogen) atoms. The summed E-state index contributed by atoms with van der Waals surface area (Å²) in [7, 11) is 1.32. The third-order valence-corrected chi connectivity index (χ3v) is 5.95. The molecule has 1 fully saturated rings. The highest BCUT2D eigenvalue weighted by molar-refractivity contribution is 6.33. The number of halogens is 2. The molecule has 1 aliphatic heterocycles. The van der Waals surface area contributed by atoms with Crippen molar-refractivity contribution in [2.24, 2.45) is 0 Å². The molecule has 3 aromatic rings. The summed E-state index contributed by atoms with van der Waals surface area (Å²) in [6, 6.07) is 2.75. The highest BCUT2D eigenvalue weighted by Crippen LogP contribution is 2.39. The van der Waals surface area contributed by atoms with Gasteiger partial charge in [0.2, 0.25) is 11.1 Å². The first-order valence-electron chi connectivity index (χ1n) is 9.01. The summed E-state index contributed by atoms with van der Waals surface area (Å²) >= 11 is 12.3. The Morgan fingerprint density at radius 2 is 1.93 bits per heavy atom. The third kappa shape index (κ3) is 3.01. The fourth-order valence-corrected chi connectivity index (χ4v) is 4.41. The molecule has 3 heterocycles. The van der Waals surface area contributed by atoms with Gasteiger partial charge in [-0.2, -0.15) is 0 Å². The van der Waals surface area contributed by atoms with Crippen molar-refractivity contribution in [3.8, 4) is 5.75 Å². The Hall–Kier alpha value is -1.85. The molecule has 5 atom stereocenters. The Morgan fingerprint density at radius 1 is 1.23 bits per heavy atom. The molecular weight excluding hydrogens is 441 g/mol. The minimum Gasteiger partial charge on any atom is -0.505 e. The predicted molar refractivity (Wildman–Crippen MR) is 108 cm³/mol. The van der Waals surface area contributed by atoms with Crippen LogP contribution in [0.3, 0.4) is 0 Å².